The van der Waals surface area contributed by atoms with Gasteiger partial charge in [0.1, 0.15) is 11.4 Å². The van der Waals surface area contributed by atoms with Crippen LogP contribution in [0.25, 0.3) is 0 Å². The summed E-state index contributed by atoms with van der Waals surface area (Å²) in [4.78, 5) is 26.2. The van der Waals surface area contributed by atoms with Crippen LogP contribution in [0.1, 0.15) is 17.2 Å². The molecule has 0 aromatic heterocycles. The van der Waals surface area contributed by atoms with E-state index in [2.05, 4.69) is 0 Å². The number of nitrogens with zero attached hydrogens (tertiary/aromatic N) is 1. The van der Waals surface area contributed by atoms with Gasteiger partial charge in [0.05, 0.1) is 6.54 Å². The maximum Gasteiger partial charge on any atom is 0.341 e. The SMILES string of the molecule is NC1C(=O)N2CC(O)(C(=O)OC(c3ccccc3)c3ccccc3)CS[C@H]12. The van der Waals surface area contributed by atoms with Gasteiger partial charge in [-0.15, -0.1) is 11.8 Å². The standard InChI is InChI=1S/C20H20N2O4S/c21-15-17(23)22-11-20(25,12-27-18(15)22)19(24)26-16(13-7-3-1-4-8-13)14-9-5-2-6-10-14/h1-10,15-16,18,25H,11-12,21H2/t15?,18-,20?/m1/s1. The summed E-state index contributed by atoms with van der Waals surface area (Å²) in [5.74, 6) is -0.842. The lowest BCUT2D eigenvalue weighted by Gasteiger charge is -2.51. The average Bonchev–Trinajstić information content (AvgIpc) is 2.72. The molecule has 7 heteroatoms. The van der Waals surface area contributed by atoms with E-state index in [9.17, 15) is 14.7 Å². The van der Waals surface area contributed by atoms with Crippen molar-refractivity contribution < 1.29 is 19.4 Å². The number of carbonyl (C=O) groups excluding carboxylic acids is 2. The van der Waals surface area contributed by atoms with Gasteiger partial charge in [0, 0.05) is 5.75 Å². The molecule has 2 fully saturated rings. The fourth-order valence-electron chi connectivity index (χ4n) is 3.39. The molecule has 1 amide bonds. The van der Waals surface area contributed by atoms with Crippen molar-refractivity contribution in [1.82, 2.24) is 4.90 Å². The molecule has 2 unspecified atom stereocenters. The maximum absolute atomic E-state index is 12.9. The highest BCUT2D eigenvalue weighted by Gasteiger charge is 2.56. The number of rotatable bonds is 4. The average molecular weight is 384 g/mol. The van der Waals surface area contributed by atoms with Gasteiger partial charge in [-0.05, 0) is 11.1 Å². The predicted molar refractivity (Wildman–Crippen MR) is 102 cm³/mol. The summed E-state index contributed by atoms with van der Waals surface area (Å²) in [5, 5.41) is 10.7. The topological polar surface area (TPSA) is 92.9 Å². The summed E-state index contributed by atoms with van der Waals surface area (Å²) in [5.41, 5.74) is 5.63. The first-order chi connectivity index (χ1) is 13.0. The first kappa shape index (κ1) is 18.0. The smallest absolute Gasteiger partial charge is 0.341 e. The Balaban J connectivity index is 1.56. The van der Waals surface area contributed by atoms with E-state index < -0.39 is 23.7 Å². The zero-order chi connectivity index (χ0) is 19.0. The number of thioether (sulfide) groups is 1. The minimum atomic E-state index is -1.75. The minimum Gasteiger partial charge on any atom is -0.450 e. The van der Waals surface area contributed by atoms with Crippen LogP contribution < -0.4 is 5.73 Å². The van der Waals surface area contributed by atoms with E-state index in [1.165, 1.54) is 16.7 Å². The molecule has 2 aliphatic rings. The van der Waals surface area contributed by atoms with E-state index in [-0.39, 0.29) is 23.6 Å². The highest BCUT2D eigenvalue weighted by molar-refractivity contribution is 8.00. The van der Waals surface area contributed by atoms with Gasteiger partial charge in [-0.25, -0.2) is 4.79 Å². The molecule has 3 N–H and O–H groups in total. The molecule has 0 aliphatic carbocycles. The molecule has 2 aromatic rings. The summed E-state index contributed by atoms with van der Waals surface area (Å²) in [6.45, 7) is -0.0909. The maximum atomic E-state index is 12.9. The van der Waals surface area contributed by atoms with Crippen molar-refractivity contribution in [3.05, 3.63) is 71.8 Å². The molecule has 0 bridgehead atoms. The Morgan fingerprint density at radius 3 is 2.26 bits per heavy atom. The second-order valence-electron chi connectivity index (χ2n) is 6.83. The van der Waals surface area contributed by atoms with Crippen LogP contribution in [0.3, 0.4) is 0 Å². The van der Waals surface area contributed by atoms with E-state index >= 15 is 0 Å². The summed E-state index contributed by atoms with van der Waals surface area (Å²) >= 11 is 1.31. The molecule has 0 saturated carbocycles. The third-order valence-corrected chi connectivity index (χ3v) is 6.45. The summed E-state index contributed by atoms with van der Waals surface area (Å²) in [7, 11) is 0. The van der Waals surface area contributed by atoms with Crippen LogP contribution >= 0.6 is 11.8 Å². The monoisotopic (exact) mass is 384 g/mol. The van der Waals surface area contributed by atoms with E-state index in [0.29, 0.717) is 0 Å². The van der Waals surface area contributed by atoms with Gasteiger partial charge in [0.25, 0.3) is 0 Å². The number of ether oxygens (including phenoxy) is 1. The van der Waals surface area contributed by atoms with E-state index in [0.717, 1.165) is 11.1 Å². The molecule has 6 nitrogen and oxygen atoms in total. The molecule has 2 aromatic carbocycles. The third kappa shape index (κ3) is 3.22. The van der Waals surface area contributed by atoms with Gasteiger partial charge >= 0.3 is 5.97 Å². The van der Waals surface area contributed by atoms with Gasteiger partial charge in [-0.1, -0.05) is 60.7 Å². The lowest BCUT2D eigenvalue weighted by atomic mass is 9.98. The Kier molecular flexibility index (Phi) is 4.67. The zero-order valence-corrected chi connectivity index (χ0v) is 15.3. The van der Waals surface area contributed by atoms with Crippen LogP contribution in [0.4, 0.5) is 0 Å². The lowest BCUT2D eigenvalue weighted by molar-refractivity contribution is -0.174. The van der Waals surface area contributed by atoms with Crippen molar-refractivity contribution in [2.24, 2.45) is 5.73 Å². The first-order valence-corrected chi connectivity index (χ1v) is 9.75. The number of nitrogens with two attached hydrogens (primary N) is 1. The van der Waals surface area contributed by atoms with E-state index in [1.54, 1.807) is 0 Å². The number of hydrogen-bond acceptors (Lipinski definition) is 6. The fraction of sp³-hybridized carbons (Fsp3) is 0.300. The van der Waals surface area contributed by atoms with Crippen LogP contribution in [0.5, 0.6) is 0 Å². The van der Waals surface area contributed by atoms with Crippen molar-refractivity contribution in [2.45, 2.75) is 23.1 Å². The van der Waals surface area contributed by atoms with Crippen molar-refractivity contribution >= 4 is 23.6 Å². The van der Waals surface area contributed by atoms with Crippen LogP contribution in [0, 0.1) is 0 Å². The van der Waals surface area contributed by atoms with Crippen molar-refractivity contribution in [1.29, 1.82) is 0 Å². The van der Waals surface area contributed by atoms with Crippen molar-refractivity contribution in [3.8, 4) is 0 Å². The Morgan fingerprint density at radius 1 is 1.15 bits per heavy atom. The van der Waals surface area contributed by atoms with Crippen LogP contribution in [-0.2, 0) is 14.3 Å². The van der Waals surface area contributed by atoms with Gasteiger partial charge < -0.3 is 20.5 Å². The van der Waals surface area contributed by atoms with Gasteiger partial charge in [0.2, 0.25) is 5.91 Å². The molecule has 140 valence electrons. The second kappa shape index (κ2) is 6.99. The number of amides is 1. The highest BCUT2D eigenvalue weighted by Crippen LogP contribution is 2.38. The van der Waals surface area contributed by atoms with Crippen molar-refractivity contribution in [2.75, 3.05) is 12.3 Å². The van der Waals surface area contributed by atoms with Crippen molar-refractivity contribution in [3.63, 3.8) is 0 Å². The summed E-state index contributed by atoms with van der Waals surface area (Å²) < 4.78 is 5.76. The summed E-state index contributed by atoms with van der Waals surface area (Å²) in [6.07, 6.45) is -0.638. The molecule has 0 spiro atoms. The van der Waals surface area contributed by atoms with Gasteiger partial charge in [-0.2, -0.15) is 0 Å². The normalized spacial score (nSPS) is 27.1. The molecule has 3 atom stereocenters. The number of hydrogen-bond donors (Lipinski definition) is 2. The predicted octanol–water partition coefficient (Wildman–Crippen LogP) is 1.29. The number of β-lactam (4-membered cyclic amide) rings is 1. The molecule has 4 rings (SSSR count). The second-order valence-corrected chi connectivity index (χ2v) is 7.94. The van der Waals surface area contributed by atoms with Crippen LogP contribution in [-0.4, -0.2) is 51.2 Å². The Bertz CT molecular complexity index is 808. The van der Waals surface area contributed by atoms with E-state index in [4.69, 9.17) is 10.5 Å². The van der Waals surface area contributed by atoms with Gasteiger partial charge in [0.15, 0.2) is 11.7 Å². The number of benzene rings is 2. The quantitative estimate of drug-likeness (QED) is 0.610. The Labute approximate surface area is 161 Å². The molecule has 2 saturated heterocycles. The molecule has 2 aliphatic heterocycles. The first-order valence-electron chi connectivity index (χ1n) is 8.71. The largest absolute Gasteiger partial charge is 0.450 e. The number of fused-ring (bicyclic) bond motifs is 1. The lowest BCUT2D eigenvalue weighted by Crippen LogP contribution is -2.73. The Morgan fingerprint density at radius 2 is 1.70 bits per heavy atom. The Hall–Kier alpha value is -2.35. The number of aliphatic hydroxyl groups is 1. The zero-order valence-electron chi connectivity index (χ0n) is 14.5. The minimum absolute atomic E-state index is 0.0909. The molecule has 0 radical (unpaired) electrons. The number of esters is 1. The summed E-state index contributed by atoms with van der Waals surface area (Å²) in [6, 6.07) is 18.2. The molecule has 2 heterocycles. The van der Waals surface area contributed by atoms with E-state index in [1.807, 2.05) is 60.7 Å². The van der Waals surface area contributed by atoms with Crippen LogP contribution in [0.2, 0.25) is 0 Å². The number of carbonyl (C=O) groups is 2. The van der Waals surface area contributed by atoms with Gasteiger partial charge in [-0.3, -0.25) is 4.79 Å². The molecular weight excluding hydrogens is 364 g/mol. The highest BCUT2D eigenvalue weighted by atomic mass is 32.2. The van der Waals surface area contributed by atoms with Crippen LogP contribution in [0.15, 0.2) is 60.7 Å². The molecular formula is C20H20N2O4S. The third-order valence-electron chi connectivity index (χ3n) is 4.92. The molecule has 27 heavy (non-hydrogen) atoms. The fourth-order valence-corrected chi connectivity index (χ4v) is 4.72.